The Bertz CT molecular complexity index is 393. The molecule has 4 nitrogen and oxygen atoms in total. The molecule has 108 valence electrons. The van der Waals surface area contributed by atoms with Gasteiger partial charge >= 0.3 is 12.3 Å². The van der Waals surface area contributed by atoms with Gasteiger partial charge in [0.15, 0.2) is 6.61 Å². The van der Waals surface area contributed by atoms with E-state index in [0.29, 0.717) is 0 Å². The zero-order valence-electron chi connectivity index (χ0n) is 10.5. The van der Waals surface area contributed by atoms with Crippen molar-refractivity contribution < 1.29 is 22.7 Å². The van der Waals surface area contributed by atoms with Crippen LogP contribution in [0.15, 0.2) is 16.8 Å². The molecule has 0 saturated heterocycles. The van der Waals surface area contributed by atoms with Crippen molar-refractivity contribution in [2.75, 3.05) is 27.2 Å². The predicted molar refractivity (Wildman–Crippen MR) is 66.2 cm³/mol. The van der Waals surface area contributed by atoms with E-state index in [1.54, 1.807) is 0 Å². The summed E-state index contributed by atoms with van der Waals surface area (Å²) in [4.78, 5) is 13.0. The summed E-state index contributed by atoms with van der Waals surface area (Å²) in [5.74, 6) is 0. The molecule has 1 rings (SSSR count). The van der Waals surface area contributed by atoms with Gasteiger partial charge in [-0.3, -0.25) is 0 Å². The number of nitrogens with one attached hydrogen (secondary N) is 1. The Balaban J connectivity index is 2.43. The van der Waals surface area contributed by atoms with Crippen molar-refractivity contribution in [1.82, 2.24) is 10.2 Å². The summed E-state index contributed by atoms with van der Waals surface area (Å²) < 4.78 is 39.6. The van der Waals surface area contributed by atoms with Gasteiger partial charge in [0, 0.05) is 6.54 Å². The highest BCUT2D eigenvalue weighted by molar-refractivity contribution is 7.07. The van der Waals surface area contributed by atoms with Crippen molar-refractivity contribution in [3.8, 4) is 0 Å². The van der Waals surface area contributed by atoms with E-state index in [-0.39, 0.29) is 12.6 Å². The van der Waals surface area contributed by atoms with Crippen LogP contribution in [0.5, 0.6) is 0 Å². The minimum Gasteiger partial charge on any atom is -0.440 e. The molecule has 0 aliphatic rings. The second-order valence-corrected chi connectivity index (χ2v) is 4.89. The van der Waals surface area contributed by atoms with Gasteiger partial charge in [-0.15, -0.1) is 0 Å². The van der Waals surface area contributed by atoms with Crippen molar-refractivity contribution in [3.05, 3.63) is 22.4 Å². The number of carbonyl (C=O) groups is 1. The minimum absolute atomic E-state index is 0.107. The summed E-state index contributed by atoms with van der Waals surface area (Å²) >= 11 is 1.51. The summed E-state index contributed by atoms with van der Waals surface area (Å²) in [5.41, 5.74) is 0.992. The standard InChI is InChI=1S/C11H15F3N2O2S/c1-16(2)9(8-3-4-19-6-8)5-15-10(17)18-7-11(12,13)14/h3-4,6,9H,5,7H2,1-2H3,(H,15,17)/t9-/m1/s1. The quantitative estimate of drug-likeness (QED) is 0.908. The molecule has 8 heteroatoms. The Labute approximate surface area is 113 Å². The lowest BCUT2D eigenvalue weighted by Crippen LogP contribution is -2.36. The zero-order valence-corrected chi connectivity index (χ0v) is 11.3. The number of thiophene rings is 1. The molecule has 0 saturated carbocycles. The number of halogens is 3. The van der Waals surface area contributed by atoms with Gasteiger partial charge in [-0.25, -0.2) is 4.79 Å². The van der Waals surface area contributed by atoms with Crippen molar-refractivity contribution in [2.45, 2.75) is 12.2 Å². The number of ether oxygens (including phenoxy) is 1. The molecular formula is C11H15F3N2O2S. The van der Waals surface area contributed by atoms with E-state index in [4.69, 9.17) is 0 Å². The number of rotatable bonds is 5. The van der Waals surface area contributed by atoms with Crippen molar-refractivity contribution in [1.29, 1.82) is 0 Å². The number of hydrogen-bond donors (Lipinski definition) is 1. The van der Waals surface area contributed by atoms with Crippen LogP contribution in [-0.2, 0) is 4.74 Å². The van der Waals surface area contributed by atoms with Gasteiger partial charge in [0.1, 0.15) is 0 Å². The Morgan fingerprint density at radius 2 is 2.21 bits per heavy atom. The summed E-state index contributed by atoms with van der Waals surface area (Å²) in [6.07, 6.45) is -5.58. The van der Waals surface area contributed by atoms with Gasteiger partial charge in [0.05, 0.1) is 6.04 Å². The highest BCUT2D eigenvalue weighted by Crippen LogP contribution is 2.20. The van der Waals surface area contributed by atoms with Crippen LogP contribution in [-0.4, -0.2) is 44.4 Å². The molecule has 0 unspecified atom stereocenters. The third-order valence-corrected chi connectivity index (χ3v) is 3.06. The number of alkyl carbamates (subject to hydrolysis) is 1. The molecule has 1 heterocycles. The molecule has 0 aromatic carbocycles. The van der Waals surface area contributed by atoms with Crippen molar-refractivity contribution >= 4 is 17.4 Å². The Morgan fingerprint density at radius 3 is 2.68 bits per heavy atom. The average molecular weight is 296 g/mol. The lowest BCUT2D eigenvalue weighted by Gasteiger charge is -2.23. The lowest BCUT2D eigenvalue weighted by molar-refractivity contribution is -0.160. The van der Waals surface area contributed by atoms with E-state index in [1.165, 1.54) is 11.3 Å². The first-order valence-corrected chi connectivity index (χ1v) is 6.40. The fourth-order valence-corrected chi connectivity index (χ4v) is 2.15. The lowest BCUT2D eigenvalue weighted by atomic mass is 10.1. The van der Waals surface area contributed by atoms with Crippen LogP contribution < -0.4 is 5.32 Å². The summed E-state index contributed by atoms with van der Waals surface area (Å²) in [6, 6.07) is 1.79. The first-order valence-electron chi connectivity index (χ1n) is 5.45. The third kappa shape index (κ3) is 5.93. The zero-order chi connectivity index (χ0) is 14.5. The topological polar surface area (TPSA) is 41.6 Å². The highest BCUT2D eigenvalue weighted by Gasteiger charge is 2.29. The van der Waals surface area contributed by atoms with Gasteiger partial charge in [0.2, 0.25) is 0 Å². The first kappa shape index (κ1) is 15.8. The molecule has 0 aliphatic carbocycles. The predicted octanol–water partition coefficient (Wildman–Crippen LogP) is 2.64. The van der Waals surface area contributed by atoms with Gasteiger partial charge in [-0.05, 0) is 36.5 Å². The smallest absolute Gasteiger partial charge is 0.422 e. The van der Waals surface area contributed by atoms with Gasteiger partial charge < -0.3 is 15.0 Å². The third-order valence-electron chi connectivity index (χ3n) is 2.36. The van der Waals surface area contributed by atoms with E-state index >= 15 is 0 Å². The average Bonchev–Trinajstić information content (AvgIpc) is 2.78. The Kier molecular flexibility index (Phi) is 5.61. The molecule has 1 aromatic heterocycles. The number of hydrogen-bond acceptors (Lipinski definition) is 4. The number of amides is 1. The maximum atomic E-state index is 11.9. The van der Waals surface area contributed by atoms with E-state index in [2.05, 4.69) is 10.1 Å². The van der Waals surface area contributed by atoms with Crippen LogP contribution in [0.4, 0.5) is 18.0 Å². The fraction of sp³-hybridized carbons (Fsp3) is 0.545. The van der Waals surface area contributed by atoms with Crippen LogP contribution in [0, 0.1) is 0 Å². The molecule has 19 heavy (non-hydrogen) atoms. The Hall–Kier alpha value is -1.28. The highest BCUT2D eigenvalue weighted by atomic mass is 32.1. The summed E-state index contributed by atoms with van der Waals surface area (Å²) in [7, 11) is 3.65. The first-order chi connectivity index (χ1) is 8.79. The maximum absolute atomic E-state index is 11.9. The normalized spacial score (nSPS) is 13.4. The minimum atomic E-state index is -4.51. The summed E-state index contributed by atoms with van der Waals surface area (Å²) in [5, 5.41) is 6.15. The van der Waals surface area contributed by atoms with E-state index in [0.717, 1.165) is 5.56 Å². The van der Waals surface area contributed by atoms with Gasteiger partial charge in [-0.2, -0.15) is 24.5 Å². The second-order valence-electron chi connectivity index (χ2n) is 4.11. The van der Waals surface area contributed by atoms with Crippen LogP contribution in [0.3, 0.4) is 0 Å². The van der Waals surface area contributed by atoms with Crippen LogP contribution >= 0.6 is 11.3 Å². The molecular weight excluding hydrogens is 281 g/mol. The second kappa shape index (κ2) is 6.76. The van der Waals surface area contributed by atoms with E-state index < -0.39 is 18.9 Å². The molecule has 0 fully saturated rings. The molecule has 0 radical (unpaired) electrons. The number of likely N-dealkylation sites (N-methyl/N-ethyl adjacent to an activating group) is 1. The van der Waals surface area contributed by atoms with Crippen molar-refractivity contribution in [3.63, 3.8) is 0 Å². The monoisotopic (exact) mass is 296 g/mol. The molecule has 0 bridgehead atoms. The molecule has 0 aliphatic heterocycles. The number of alkyl halides is 3. The molecule has 1 aromatic rings. The SMILES string of the molecule is CN(C)[C@H](CNC(=O)OCC(F)(F)F)c1ccsc1. The van der Waals surface area contributed by atoms with Crippen LogP contribution in [0.25, 0.3) is 0 Å². The molecule has 1 N–H and O–H groups in total. The summed E-state index contributed by atoms with van der Waals surface area (Å²) in [6.45, 7) is -1.40. The fourth-order valence-electron chi connectivity index (χ4n) is 1.44. The number of nitrogens with zero attached hydrogens (tertiary/aromatic N) is 1. The van der Waals surface area contributed by atoms with E-state index in [1.807, 2.05) is 35.8 Å². The van der Waals surface area contributed by atoms with E-state index in [9.17, 15) is 18.0 Å². The van der Waals surface area contributed by atoms with Gasteiger partial charge in [0.25, 0.3) is 0 Å². The molecule has 0 spiro atoms. The van der Waals surface area contributed by atoms with Crippen LogP contribution in [0.1, 0.15) is 11.6 Å². The Morgan fingerprint density at radius 1 is 1.53 bits per heavy atom. The maximum Gasteiger partial charge on any atom is 0.422 e. The van der Waals surface area contributed by atoms with Gasteiger partial charge in [-0.1, -0.05) is 0 Å². The van der Waals surface area contributed by atoms with Crippen LogP contribution in [0.2, 0.25) is 0 Å². The largest absolute Gasteiger partial charge is 0.440 e. The molecule has 1 amide bonds. The van der Waals surface area contributed by atoms with Crippen molar-refractivity contribution in [2.24, 2.45) is 0 Å². The molecule has 1 atom stereocenters. The number of carbonyl (C=O) groups excluding carboxylic acids is 1.